The fourth-order valence-electron chi connectivity index (χ4n) is 2.43. The topological polar surface area (TPSA) is 119 Å². The lowest BCUT2D eigenvalue weighted by atomic mass is 10.3. The first-order chi connectivity index (χ1) is 15.3. The first-order valence-electron chi connectivity index (χ1n) is 8.96. The molecule has 0 unspecified atom stereocenters. The fourth-order valence-corrected chi connectivity index (χ4v) is 5.45. The molecule has 1 amide bonds. The van der Waals surface area contributed by atoms with Crippen molar-refractivity contribution in [3.05, 3.63) is 60.4 Å². The van der Waals surface area contributed by atoms with Gasteiger partial charge in [0.15, 0.2) is 4.34 Å². The summed E-state index contributed by atoms with van der Waals surface area (Å²) in [7, 11) is -2.89. The Labute approximate surface area is 191 Å². The van der Waals surface area contributed by atoms with Gasteiger partial charge in [-0.3, -0.25) is 19.2 Å². The zero-order valence-electron chi connectivity index (χ0n) is 16.6. The number of esters is 1. The number of nitrogens with zero attached hydrogens (tertiary/aromatic N) is 3. The molecule has 0 aliphatic carbocycles. The summed E-state index contributed by atoms with van der Waals surface area (Å²) in [6, 6.07) is 12.4. The average molecular weight is 497 g/mol. The second kappa shape index (κ2) is 10.5. The van der Waals surface area contributed by atoms with E-state index in [0.717, 1.165) is 51.7 Å². The van der Waals surface area contributed by atoms with E-state index in [-0.39, 0.29) is 21.5 Å². The van der Waals surface area contributed by atoms with Gasteiger partial charge in [0.2, 0.25) is 11.0 Å². The molecule has 3 rings (SSSR count). The standard InChI is InChI=1S/C19H17FN4O5S3/c1-29-17(26)12-30-19-23-22-18(31-19)21-16(25)11-24(14-5-3-2-4-6-14)32(27,28)15-9-7-13(20)8-10-15/h2-10H,11-12H2,1H3,(H,21,22,25). The molecule has 0 spiro atoms. The van der Waals surface area contributed by atoms with Crippen LogP contribution in [0.2, 0.25) is 0 Å². The average Bonchev–Trinajstić information content (AvgIpc) is 3.23. The summed E-state index contributed by atoms with van der Waals surface area (Å²) in [5.74, 6) is -1.62. The van der Waals surface area contributed by atoms with Gasteiger partial charge in [0.1, 0.15) is 12.4 Å². The third-order valence-corrected chi connectivity index (χ3v) is 7.66. The van der Waals surface area contributed by atoms with E-state index in [1.807, 2.05) is 0 Å². The monoisotopic (exact) mass is 496 g/mol. The van der Waals surface area contributed by atoms with E-state index in [1.54, 1.807) is 30.3 Å². The number of anilines is 2. The highest BCUT2D eigenvalue weighted by Gasteiger charge is 2.27. The molecule has 13 heteroatoms. The lowest BCUT2D eigenvalue weighted by Crippen LogP contribution is -2.38. The van der Waals surface area contributed by atoms with Gasteiger partial charge in [0, 0.05) is 0 Å². The number of rotatable bonds is 9. The Morgan fingerprint density at radius 3 is 2.47 bits per heavy atom. The van der Waals surface area contributed by atoms with Gasteiger partial charge in [-0.05, 0) is 36.4 Å². The van der Waals surface area contributed by atoms with Crippen molar-refractivity contribution in [3.63, 3.8) is 0 Å². The Morgan fingerprint density at radius 2 is 1.81 bits per heavy atom. The highest BCUT2D eigenvalue weighted by molar-refractivity contribution is 8.01. The predicted molar refractivity (Wildman–Crippen MR) is 119 cm³/mol. The van der Waals surface area contributed by atoms with Gasteiger partial charge in [-0.1, -0.05) is 41.3 Å². The van der Waals surface area contributed by atoms with Crippen molar-refractivity contribution < 1.29 is 27.1 Å². The van der Waals surface area contributed by atoms with Gasteiger partial charge in [-0.15, -0.1) is 10.2 Å². The number of thioether (sulfide) groups is 1. The van der Waals surface area contributed by atoms with Crippen molar-refractivity contribution in [2.45, 2.75) is 9.24 Å². The summed E-state index contributed by atoms with van der Waals surface area (Å²) in [5, 5.41) is 10.3. The normalized spacial score (nSPS) is 11.1. The molecular weight excluding hydrogens is 479 g/mol. The Bertz CT molecular complexity index is 1190. The second-order valence-corrected chi connectivity index (χ2v) is 10.1. The number of amides is 1. The highest BCUT2D eigenvalue weighted by Crippen LogP contribution is 2.27. The summed E-state index contributed by atoms with van der Waals surface area (Å²) in [6.45, 7) is -0.548. The lowest BCUT2D eigenvalue weighted by Gasteiger charge is -2.23. The molecule has 0 saturated carbocycles. The molecule has 0 aliphatic rings. The summed E-state index contributed by atoms with van der Waals surface area (Å²) in [6.07, 6.45) is 0. The molecule has 2 aromatic carbocycles. The molecule has 9 nitrogen and oxygen atoms in total. The number of methoxy groups -OCH3 is 1. The van der Waals surface area contributed by atoms with E-state index < -0.39 is 34.3 Å². The number of benzene rings is 2. The van der Waals surface area contributed by atoms with Crippen LogP contribution in [-0.2, 0) is 24.3 Å². The van der Waals surface area contributed by atoms with E-state index in [2.05, 4.69) is 20.3 Å². The SMILES string of the molecule is COC(=O)CSc1nnc(NC(=O)CN(c2ccccc2)S(=O)(=O)c2ccc(F)cc2)s1. The van der Waals surface area contributed by atoms with Crippen LogP contribution in [0.5, 0.6) is 0 Å². The lowest BCUT2D eigenvalue weighted by molar-refractivity contribution is -0.137. The van der Waals surface area contributed by atoms with Gasteiger partial charge in [0.25, 0.3) is 10.0 Å². The van der Waals surface area contributed by atoms with Gasteiger partial charge in [-0.2, -0.15) is 0 Å². The fraction of sp³-hybridized carbons (Fsp3) is 0.158. The molecule has 0 fully saturated rings. The number of para-hydroxylation sites is 1. The maximum Gasteiger partial charge on any atom is 0.316 e. The van der Waals surface area contributed by atoms with Crippen LogP contribution in [0.3, 0.4) is 0 Å². The highest BCUT2D eigenvalue weighted by atomic mass is 32.2. The number of ether oxygens (including phenoxy) is 1. The van der Waals surface area contributed by atoms with Crippen molar-refractivity contribution in [1.82, 2.24) is 10.2 Å². The van der Waals surface area contributed by atoms with Gasteiger partial charge >= 0.3 is 5.97 Å². The zero-order valence-corrected chi connectivity index (χ0v) is 19.0. The smallest absolute Gasteiger partial charge is 0.316 e. The molecule has 1 heterocycles. The number of hydrogen-bond acceptors (Lipinski definition) is 9. The molecule has 3 aromatic rings. The van der Waals surface area contributed by atoms with Crippen LogP contribution in [-0.4, -0.2) is 49.9 Å². The van der Waals surface area contributed by atoms with Crippen LogP contribution in [0, 0.1) is 5.82 Å². The minimum atomic E-state index is -4.16. The molecule has 32 heavy (non-hydrogen) atoms. The molecule has 0 atom stereocenters. The van der Waals surface area contributed by atoms with Crippen LogP contribution in [0.15, 0.2) is 63.8 Å². The molecule has 0 bridgehead atoms. The largest absolute Gasteiger partial charge is 0.468 e. The Balaban J connectivity index is 1.77. The summed E-state index contributed by atoms with van der Waals surface area (Å²) >= 11 is 2.13. The number of carbonyl (C=O) groups is 2. The quantitative estimate of drug-likeness (QED) is 0.273. The predicted octanol–water partition coefficient (Wildman–Crippen LogP) is 2.78. The van der Waals surface area contributed by atoms with E-state index in [9.17, 15) is 22.4 Å². The summed E-state index contributed by atoms with van der Waals surface area (Å²) in [5.41, 5.74) is 0.263. The van der Waals surface area contributed by atoms with Crippen molar-refractivity contribution >= 4 is 55.8 Å². The van der Waals surface area contributed by atoms with Crippen molar-refractivity contribution in [1.29, 1.82) is 0 Å². The van der Waals surface area contributed by atoms with E-state index in [0.29, 0.717) is 4.34 Å². The summed E-state index contributed by atoms with van der Waals surface area (Å²) in [4.78, 5) is 23.7. The van der Waals surface area contributed by atoms with Crippen molar-refractivity contribution in [3.8, 4) is 0 Å². The van der Waals surface area contributed by atoms with Crippen LogP contribution in [0.25, 0.3) is 0 Å². The number of aromatic nitrogens is 2. The Morgan fingerprint density at radius 1 is 1.12 bits per heavy atom. The minimum absolute atomic E-state index is 0.0385. The number of carbonyl (C=O) groups excluding carboxylic acids is 2. The first kappa shape index (κ1) is 23.6. The van der Waals surface area contributed by atoms with Crippen LogP contribution < -0.4 is 9.62 Å². The number of sulfonamides is 1. The van der Waals surface area contributed by atoms with Crippen LogP contribution in [0.4, 0.5) is 15.2 Å². The Kier molecular flexibility index (Phi) is 7.77. The van der Waals surface area contributed by atoms with Gasteiger partial charge < -0.3 is 4.74 Å². The molecule has 168 valence electrons. The zero-order chi connectivity index (χ0) is 23.1. The third kappa shape index (κ3) is 6.02. The molecule has 0 aliphatic heterocycles. The molecule has 0 radical (unpaired) electrons. The van der Waals surface area contributed by atoms with E-state index >= 15 is 0 Å². The van der Waals surface area contributed by atoms with E-state index in [4.69, 9.17) is 0 Å². The molecular formula is C19H17FN4O5S3. The van der Waals surface area contributed by atoms with Crippen LogP contribution in [0.1, 0.15) is 0 Å². The number of hydrogen-bond donors (Lipinski definition) is 1. The van der Waals surface area contributed by atoms with Gasteiger partial charge in [0.05, 0.1) is 23.4 Å². The number of nitrogens with one attached hydrogen (secondary N) is 1. The molecule has 1 N–H and O–H groups in total. The van der Waals surface area contributed by atoms with Crippen molar-refractivity contribution in [2.24, 2.45) is 0 Å². The Hall–Kier alpha value is -3.03. The first-order valence-corrected chi connectivity index (χ1v) is 12.2. The summed E-state index contributed by atoms with van der Waals surface area (Å²) < 4.78 is 45.5. The van der Waals surface area contributed by atoms with Gasteiger partial charge in [-0.25, -0.2) is 12.8 Å². The van der Waals surface area contributed by atoms with E-state index in [1.165, 1.54) is 7.11 Å². The maximum absolute atomic E-state index is 13.3. The maximum atomic E-state index is 13.3. The number of halogens is 1. The molecule has 0 saturated heterocycles. The van der Waals surface area contributed by atoms with Crippen molar-refractivity contribution in [2.75, 3.05) is 29.0 Å². The minimum Gasteiger partial charge on any atom is -0.468 e. The second-order valence-electron chi connectivity index (χ2n) is 6.09. The molecule has 1 aromatic heterocycles. The van der Waals surface area contributed by atoms with Crippen LogP contribution >= 0.6 is 23.1 Å². The third-order valence-electron chi connectivity index (χ3n) is 3.93.